The summed E-state index contributed by atoms with van der Waals surface area (Å²) in [5.74, 6) is -0.0661. The van der Waals surface area contributed by atoms with E-state index in [9.17, 15) is 9.59 Å². The van der Waals surface area contributed by atoms with E-state index in [1.807, 2.05) is 0 Å². The molecule has 1 aliphatic heterocycles. The molecular formula is C14H20N4O2S. The van der Waals surface area contributed by atoms with Gasteiger partial charge < -0.3 is 21.7 Å². The number of carbonyl (C=O) groups excluding carboxylic acids is 2. The van der Waals surface area contributed by atoms with Crippen LogP contribution in [0.1, 0.15) is 39.3 Å². The van der Waals surface area contributed by atoms with Crippen LogP contribution in [0.4, 0.5) is 10.7 Å². The van der Waals surface area contributed by atoms with Gasteiger partial charge in [-0.15, -0.1) is 11.3 Å². The van der Waals surface area contributed by atoms with Gasteiger partial charge in [0, 0.05) is 32.1 Å². The van der Waals surface area contributed by atoms with Crippen molar-refractivity contribution in [1.82, 2.24) is 5.32 Å². The molecule has 0 aromatic carbocycles. The Labute approximate surface area is 127 Å². The van der Waals surface area contributed by atoms with Gasteiger partial charge in [-0.1, -0.05) is 0 Å². The minimum Gasteiger partial charge on any atom is -0.397 e. The second-order valence-corrected chi connectivity index (χ2v) is 6.74. The molecule has 0 spiro atoms. The Morgan fingerprint density at radius 2 is 2.05 bits per heavy atom. The number of nitrogens with one attached hydrogen (secondary N) is 1. The molecule has 21 heavy (non-hydrogen) atoms. The van der Waals surface area contributed by atoms with E-state index >= 15 is 0 Å². The van der Waals surface area contributed by atoms with E-state index < -0.39 is 0 Å². The number of rotatable bonds is 4. The molecule has 0 radical (unpaired) electrons. The molecular weight excluding hydrogens is 288 g/mol. The highest BCUT2D eigenvalue weighted by Gasteiger charge is 2.36. The predicted molar refractivity (Wildman–Crippen MR) is 84.0 cm³/mol. The number of carbonyl (C=O) groups is 2. The van der Waals surface area contributed by atoms with Gasteiger partial charge in [0.15, 0.2) is 5.78 Å². The molecule has 114 valence electrons. The van der Waals surface area contributed by atoms with Crippen LogP contribution in [0.2, 0.25) is 0 Å². The zero-order valence-corrected chi connectivity index (χ0v) is 12.8. The molecule has 1 saturated heterocycles. The molecule has 2 fully saturated rings. The highest BCUT2D eigenvalue weighted by atomic mass is 32.1. The van der Waals surface area contributed by atoms with Gasteiger partial charge in [0.25, 0.3) is 5.91 Å². The van der Waals surface area contributed by atoms with Crippen LogP contribution in [0.15, 0.2) is 0 Å². The minimum atomic E-state index is -0.242. The number of nitrogens with zero attached hydrogens (tertiary/aromatic N) is 1. The van der Waals surface area contributed by atoms with Crippen molar-refractivity contribution in [3.63, 3.8) is 0 Å². The number of thiophene rings is 1. The van der Waals surface area contributed by atoms with Crippen LogP contribution in [0, 0.1) is 5.92 Å². The van der Waals surface area contributed by atoms with Gasteiger partial charge in [0.05, 0.1) is 16.1 Å². The summed E-state index contributed by atoms with van der Waals surface area (Å²) < 4.78 is 0. The largest absolute Gasteiger partial charge is 0.397 e. The molecule has 5 N–H and O–H groups in total. The van der Waals surface area contributed by atoms with E-state index in [0.29, 0.717) is 22.7 Å². The highest BCUT2D eigenvalue weighted by Crippen LogP contribution is 2.43. The molecule has 1 atom stereocenters. The Morgan fingerprint density at radius 1 is 1.33 bits per heavy atom. The quantitative estimate of drug-likeness (QED) is 0.715. The van der Waals surface area contributed by atoms with Gasteiger partial charge in [0.1, 0.15) is 5.00 Å². The van der Waals surface area contributed by atoms with Crippen LogP contribution in [-0.4, -0.2) is 37.9 Å². The third kappa shape index (κ3) is 2.51. The van der Waals surface area contributed by atoms with Gasteiger partial charge in [-0.3, -0.25) is 9.59 Å². The average molecular weight is 308 g/mol. The van der Waals surface area contributed by atoms with Gasteiger partial charge >= 0.3 is 0 Å². The van der Waals surface area contributed by atoms with Crippen LogP contribution in [0.5, 0.6) is 0 Å². The van der Waals surface area contributed by atoms with Crippen molar-refractivity contribution in [3.05, 3.63) is 10.4 Å². The Morgan fingerprint density at radius 3 is 2.57 bits per heavy atom. The van der Waals surface area contributed by atoms with Crippen molar-refractivity contribution >= 4 is 33.7 Å². The molecule has 1 aromatic rings. The standard InChI is InChI=1S/C14H20N4O2S/c1-17-13(20)9-10(16)12(11(19)7-2-3-7)21-14(9)18-5-4-8(15)6-18/h7-8H,2-6,15-16H2,1H3,(H,17,20). The topological polar surface area (TPSA) is 101 Å². The molecule has 1 unspecified atom stereocenters. The smallest absolute Gasteiger partial charge is 0.256 e. The number of hydrogen-bond acceptors (Lipinski definition) is 6. The number of anilines is 2. The number of hydrogen-bond donors (Lipinski definition) is 3. The summed E-state index contributed by atoms with van der Waals surface area (Å²) in [7, 11) is 1.57. The second-order valence-electron chi connectivity index (χ2n) is 5.74. The Bertz CT molecular complexity index is 594. The summed E-state index contributed by atoms with van der Waals surface area (Å²) in [6.45, 7) is 1.49. The van der Waals surface area contributed by atoms with Crippen molar-refractivity contribution in [2.75, 3.05) is 30.8 Å². The molecule has 1 aliphatic carbocycles. The van der Waals surface area contributed by atoms with Crippen molar-refractivity contribution < 1.29 is 9.59 Å². The maximum absolute atomic E-state index is 12.3. The van der Waals surface area contributed by atoms with E-state index in [1.54, 1.807) is 7.05 Å². The van der Waals surface area contributed by atoms with Crippen molar-refractivity contribution in [1.29, 1.82) is 0 Å². The van der Waals surface area contributed by atoms with Gasteiger partial charge in [-0.25, -0.2) is 0 Å². The first-order chi connectivity index (χ1) is 10.0. The van der Waals surface area contributed by atoms with Crippen LogP contribution in [0.3, 0.4) is 0 Å². The summed E-state index contributed by atoms with van der Waals surface area (Å²) in [4.78, 5) is 27.1. The summed E-state index contributed by atoms with van der Waals surface area (Å²) >= 11 is 1.34. The lowest BCUT2D eigenvalue weighted by atomic mass is 10.1. The van der Waals surface area contributed by atoms with E-state index in [1.165, 1.54) is 11.3 Å². The lowest BCUT2D eigenvalue weighted by Crippen LogP contribution is -2.28. The second kappa shape index (κ2) is 5.31. The van der Waals surface area contributed by atoms with Gasteiger partial charge in [0.2, 0.25) is 0 Å². The molecule has 2 heterocycles. The van der Waals surface area contributed by atoms with E-state index in [4.69, 9.17) is 11.5 Å². The van der Waals surface area contributed by atoms with Crippen LogP contribution < -0.4 is 21.7 Å². The fraction of sp³-hybridized carbons (Fsp3) is 0.571. The first kappa shape index (κ1) is 14.3. The fourth-order valence-electron chi connectivity index (χ4n) is 2.68. The summed E-state index contributed by atoms with van der Waals surface area (Å²) in [6, 6.07) is 0.105. The maximum atomic E-state index is 12.3. The fourth-order valence-corrected chi connectivity index (χ4v) is 3.96. The number of nitrogens with two attached hydrogens (primary N) is 2. The first-order valence-electron chi connectivity index (χ1n) is 7.22. The Hall–Kier alpha value is -1.60. The minimum absolute atomic E-state index is 0.0809. The van der Waals surface area contributed by atoms with E-state index in [2.05, 4.69) is 10.2 Å². The van der Waals surface area contributed by atoms with Crippen LogP contribution in [-0.2, 0) is 0 Å². The summed E-state index contributed by atoms with van der Waals surface area (Å²) in [5.41, 5.74) is 12.8. The first-order valence-corrected chi connectivity index (χ1v) is 8.03. The Balaban J connectivity index is 2.02. The zero-order valence-electron chi connectivity index (χ0n) is 12.0. The highest BCUT2D eigenvalue weighted by molar-refractivity contribution is 7.19. The van der Waals surface area contributed by atoms with Crippen LogP contribution >= 0.6 is 11.3 Å². The number of nitrogen functional groups attached to an aromatic ring is 1. The van der Waals surface area contributed by atoms with Crippen molar-refractivity contribution in [2.24, 2.45) is 11.7 Å². The summed E-state index contributed by atoms with van der Waals surface area (Å²) in [5, 5.41) is 3.39. The molecule has 1 aromatic heterocycles. The molecule has 2 aliphatic rings. The zero-order chi connectivity index (χ0) is 15.1. The van der Waals surface area contributed by atoms with Gasteiger partial charge in [-0.2, -0.15) is 0 Å². The number of amides is 1. The Kier molecular flexibility index (Phi) is 3.62. The molecule has 1 amide bonds. The molecule has 6 nitrogen and oxygen atoms in total. The van der Waals surface area contributed by atoms with E-state index in [0.717, 1.165) is 30.8 Å². The third-order valence-electron chi connectivity index (χ3n) is 4.06. The van der Waals surface area contributed by atoms with Crippen molar-refractivity contribution in [2.45, 2.75) is 25.3 Å². The van der Waals surface area contributed by atoms with E-state index in [-0.39, 0.29) is 23.7 Å². The average Bonchev–Trinajstić information content (AvgIpc) is 3.15. The number of Topliss-reactive ketones (excluding diaryl/α,β-unsaturated/α-hetero) is 1. The SMILES string of the molecule is CNC(=O)c1c(N2CCC(N)C2)sc(C(=O)C2CC2)c1N. The summed E-state index contributed by atoms with van der Waals surface area (Å²) in [6.07, 6.45) is 2.74. The lowest BCUT2D eigenvalue weighted by molar-refractivity contribution is 0.0964. The monoisotopic (exact) mass is 308 g/mol. The molecule has 7 heteroatoms. The maximum Gasteiger partial charge on any atom is 0.256 e. The van der Waals surface area contributed by atoms with Gasteiger partial charge in [-0.05, 0) is 19.3 Å². The number of ketones is 1. The molecule has 3 rings (SSSR count). The van der Waals surface area contributed by atoms with Crippen molar-refractivity contribution in [3.8, 4) is 0 Å². The third-order valence-corrected chi connectivity index (χ3v) is 5.35. The van der Waals surface area contributed by atoms with Crippen LogP contribution in [0.25, 0.3) is 0 Å². The molecule has 0 bridgehead atoms. The normalized spacial score (nSPS) is 21.6. The lowest BCUT2D eigenvalue weighted by Gasteiger charge is -2.17. The predicted octanol–water partition coefficient (Wildman–Crippen LogP) is 0.820. The molecule has 1 saturated carbocycles.